The fourth-order valence-electron chi connectivity index (χ4n) is 2.19. The highest BCUT2D eigenvalue weighted by Crippen LogP contribution is 2.24. The Hall–Kier alpha value is -1.70. The lowest BCUT2D eigenvalue weighted by atomic mass is 10.1. The van der Waals surface area contributed by atoms with Crippen molar-refractivity contribution in [2.24, 2.45) is 4.99 Å². The normalized spacial score (nSPS) is 12.4. The van der Waals surface area contributed by atoms with Crippen molar-refractivity contribution >= 4 is 25.4 Å². The van der Waals surface area contributed by atoms with Gasteiger partial charge in [-0.2, -0.15) is 0 Å². The van der Waals surface area contributed by atoms with Crippen molar-refractivity contribution in [2.75, 3.05) is 13.9 Å². The number of nitrogens with zero attached hydrogens (tertiary/aromatic N) is 1. The van der Waals surface area contributed by atoms with E-state index in [1.54, 1.807) is 7.11 Å². The van der Waals surface area contributed by atoms with Gasteiger partial charge in [0.2, 0.25) is 0 Å². The van der Waals surface area contributed by atoms with Gasteiger partial charge in [-0.1, -0.05) is 51.0 Å². The molecule has 0 radical (unpaired) electrons. The van der Waals surface area contributed by atoms with Gasteiger partial charge in [0.05, 0.1) is 5.54 Å². The molecule has 24 heavy (non-hydrogen) atoms. The number of ether oxygens (including phenoxy) is 2. The van der Waals surface area contributed by atoms with Crippen molar-refractivity contribution in [1.82, 2.24) is 0 Å². The Morgan fingerprint density at radius 1 is 1.04 bits per heavy atom. The molecule has 0 saturated heterocycles. The summed E-state index contributed by atoms with van der Waals surface area (Å²) >= 11 is 0. The second-order valence-electron chi connectivity index (χ2n) is 6.64. The van der Waals surface area contributed by atoms with E-state index in [9.17, 15) is 0 Å². The second kappa shape index (κ2) is 8.41. The number of hydrogen-bond donors (Lipinski definition) is 0. The van der Waals surface area contributed by atoms with Crippen LogP contribution in [-0.4, -0.2) is 25.7 Å². The topological polar surface area (TPSA) is 30.8 Å². The number of para-hydroxylation sites is 1. The van der Waals surface area contributed by atoms with Gasteiger partial charge in [0, 0.05) is 24.2 Å². The van der Waals surface area contributed by atoms with Crippen LogP contribution in [0.2, 0.25) is 0 Å². The number of benzene rings is 2. The first kappa shape index (κ1) is 18.6. The predicted molar refractivity (Wildman–Crippen MR) is 105 cm³/mol. The van der Waals surface area contributed by atoms with Crippen LogP contribution in [0.5, 0.6) is 5.75 Å². The first-order chi connectivity index (χ1) is 11.4. The summed E-state index contributed by atoms with van der Waals surface area (Å²) in [6.45, 7) is 8.63. The monoisotopic (exact) mass is 343 g/mol. The van der Waals surface area contributed by atoms with Crippen molar-refractivity contribution in [3.63, 3.8) is 0 Å². The smallest absolute Gasteiger partial charge is 0.188 e. The number of aryl methyl sites for hydroxylation is 1. The maximum Gasteiger partial charge on any atom is 0.188 e. The minimum absolute atomic E-state index is 0.0771. The minimum atomic E-state index is -0.0771. The zero-order valence-electron chi connectivity index (χ0n) is 15.1. The average Bonchev–Trinajstić information content (AvgIpc) is 2.53. The molecule has 3 nitrogen and oxygen atoms in total. The summed E-state index contributed by atoms with van der Waals surface area (Å²) in [6, 6.07) is 14.6. The number of rotatable bonds is 6. The predicted octanol–water partition coefficient (Wildman–Crippen LogP) is 3.82. The van der Waals surface area contributed by atoms with Crippen LogP contribution in [0.25, 0.3) is 0 Å². The Labute approximate surface area is 146 Å². The van der Waals surface area contributed by atoms with Crippen LogP contribution >= 0.6 is 8.58 Å². The van der Waals surface area contributed by atoms with Gasteiger partial charge in [0.1, 0.15) is 5.75 Å². The Bertz CT molecular complexity index is 705. The first-order valence-corrected chi connectivity index (χ1v) is 9.03. The summed E-state index contributed by atoms with van der Waals surface area (Å²) in [5.41, 5.74) is 2.20. The van der Waals surface area contributed by atoms with Crippen LogP contribution < -0.4 is 15.3 Å². The molecule has 1 atom stereocenters. The van der Waals surface area contributed by atoms with Crippen LogP contribution in [0.4, 0.5) is 0 Å². The van der Waals surface area contributed by atoms with Crippen molar-refractivity contribution < 1.29 is 9.47 Å². The van der Waals surface area contributed by atoms with Crippen molar-refractivity contribution in [3.05, 3.63) is 53.6 Å². The van der Waals surface area contributed by atoms with Crippen LogP contribution in [0.3, 0.4) is 0 Å². The third-order valence-corrected chi connectivity index (χ3v) is 4.74. The lowest BCUT2D eigenvalue weighted by molar-refractivity contribution is 0.0514. The van der Waals surface area contributed by atoms with E-state index >= 15 is 0 Å². The van der Waals surface area contributed by atoms with Gasteiger partial charge < -0.3 is 9.47 Å². The molecule has 128 valence electrons. The van der Waals surface area contributed by atoms with Crippen LogP contribution in [0.1, 0.15) is 31.9 Å². The molecular formula is C20H26NO2P. The van der Waals surface area contributed by atoms with E-state index < -0.39 is 0 Å². The quantitative estimate of drug-likeness (QED) is 0.453. The van der Waals surface area contributed by atoms with Crippen LogP contribution in [0.15, 0.2) is 47.5 Å². The third-order valence-electron chi connectivity index (χ3n) is 3.35. The Morgan fingerprint density at radius 3 is 2.46 bits per heavy atom. The van der Waals surface area contributed by atoms with Crippen molar-refractivity contribution in [3.8, 4) is 5.75 Å². The highest BCUT2D eigenvalue weighted by molar-refractivity contribution is 7.56. The lowest BCUT2D eigenvalue weighted by Gasteiger charge is -2.15. The van der Waals surface area contributed by atoms with Crippen molar-refractivity contribution in [2.45, 2.75) is 33.2 Å². The molecule has 1 unspecified atom stereocenters. The molecule has 0 spiro atoms. The standard InChI is InChI=1S/C20H26NO2P/c1-15-9-8-12-18(19(15)23-14-22-5)24-17-11-7-6-10-16(17)13-21-20(2,3)4/h6-13,24H,14H2,1-5H3. The molecule has 2 rings (SSSR count). The molecular weight excluding hydrogens is 317 g/mol. The van der Waals surface area contributed by atoms with Gasteiger partial charge >= 0.3 is 0 Å². The van der Waals surface area contributed by atoms with E-state index in [0.717, 1.165) is 16.9 Å². The summed E-state index contributed by atoms with van der Waals surface area (Å²) in [5, 5.41) is 2.45. The average molecular weight is 343 g/mol. The fourth-order valence-corrected chi connectivity index (χ4v) is 3.52. The maximum atomic E-state index is 5.79. The van der Waals surface area contributed by atoms with Crippen LogP contribution in [-0.2, 0) is 4.74 Å². The number of hydrogen-bond acceptors (Lipinski definition) is 3. The minimum Gasteiger partial charge on any atom is -0.467 e. The van der Waals surface area contributed by atoms with E-state index in [0.29, 0.717) is 8.58 Å². The zero-order chi connectivity index (χ0) is 17.6. The highest BCUT2D eigenvalue weighted by Gasteiger charge is 2.11. The lowest BCUT2D eigenvalue weighted by Crippen LogP contribution is -2.15. The largest absolute Gasteiger partial charge is 0.467 e. The molecule has 2 aromatic carbocycles. The second-order valence-corrected chi connectivity index (χ2v) is 7.97. The fraction of sp³-hybridized carbons (Fsp3) is 0.350. The summed E-state index contributed by atoms with van der Waals surface area (Å²) in [5.74, 6) is 0.917. The van der Waals surface area contributed by atoms with E-state index in [4.69, 9.17) is 9.47 Å². The Morgan fingerprint density at radius 2 is 1.75 bits per heavy atom. The molecule has 4 heteroatoms. The van der Waals surface area contributed by atoms with E-state index in [-0.39, 0.29) is 12.3 Å². The van der Waals surface area contributed by atoms with E-state index in [1.807, 2.05) is 6.21 Å². The Balaban J connectivity index is 2.32. The van der Waals surface area contributed by atoms with Gasteiger partial charge in [-0.3, -0.25) is 4.99 Å². The molecule has 0 heterocycles. The molecule has 0 bridgehead atoms. The van der Waals surface area contributed by atoms with Gasteiger partial charge in [0.25, 0.3) is 0 Å². The first-order valence-electron chi connectivity index (χ1n) is 8.03. The molecule has 0 N–H and O–H groups in total. The van der Waals surface area contributed by atoms with E-state index in [2.05, 4.69) is 75.2 Å². The highest BCUT2D eigenvalue weighted by atomic mass is 31.1. The van der Waals surface area contributed by atoms with Gasteiger partial charge in [-0.15, -0.1) is 0 Å². The molecule has 0 aliphatic heterocycles. The summed E-state index contributed by atoms with van der Waals surface area (Å²) in [6.07, 6.45) is 1.98. The number of aliphatic imine (C=N–C) groups is 1. The summed E-state index contributed by atoms with van der Waals surface area (Å²) in [4.78, 5) is 4.65. The number of methoxy groups -OCH3 is 1. The van der Waals surface area contributed by atoms with E-state index in [1.165, 1.54) is 10.6 Å². The third kappa shape index (κ3) is 5.43. The van der Waals surface area contributed by atoms with Gasteiger partial charge in [-0.25, -0.2) is 0 Å². The Kier molecular flexibility index (Phi) is 6.53. The maximum absolute atomic E-state index is 5.79. The van der Waals surface area contributed by atoms with Gasteiger partial charge in [0.15, 0.2) is 6.79 Å². The summed E-state index contributed by atoms with van der Waals surface area (Å²) < 4.78 is 10.9. The molecule has 0 aliphatic rings. The molecule has 0 fully saturated rings. The van der Waals surface area contributed by atoms with Gasteiger partial charge in [-0.05, 0) is 38.6 Å². The SMILES string of the molecule is COCOc1c(C)cccc1Pc1ccccc1C=NC(C)(C)C. The molecule has 2 aromatic rings. The molecule has 0 aromatic heterocycles. The summed E-state index contributed by atoms with van der Waals surface area (Å²) in [7, 11) is 2.14. The molecule has 0 saturated carbocycles. The molecule has 0 amide bonds. The zero-order valence-corrected chi connectivity index (χ0v) is 16.1. The van der Waals surface area contributed by atoms with Crippen LogP contribution in [0, 0.1) is 6.92 Å². The molecule has 0 aliphatic carbocycles. The van der Waals surface area contributed by atoms with Crippen molar-refractivity contribution in [1.29, 1.82) is 0 Å².